The Kier molecular flexibility index (Phi) is 6.83. The maximum absolute atomic E-state index is 13.2. The molecule has 2 saturated carbocycles. The number of nitrogens with two attached hydrogens (primary N) is 1. The summed E-state index contributed by atoms with van der Waals surface area (Å²) in [5, 5.41) is 9.11. The van der Waals surface area contributed by atoms with E-state index in [2.05, 4.69) is 0 Å². The molecular weight excluding hydrogens is 413 g/mol. The second kappa shape index (κ2) is 9.06. The van der Waals surface area contributed by atoms with E-state index in [9.17, 15) is 22.8 Å². The zero-order valence-electron chi connectivity index (χ0n) is 17.5. The van der Waals surface area contributed by atoms with Gasteiger partial charge in [0.25, 0.3) is 5.91 Å². The highest BCUT2D eigenvalue weighted by Gasteiger charge is 2.43. The fraction of sp³-hybridized carbons (Fsp3) is 0.636. The normalized spacial score (nSPS) is 25.0. The maximum atomic E-state index is 13.2. The van der Waals surface area contributed by atoms with Gasteiger partial charge < -0.3 is 20.5 Å². The maximum Gasteiger partial charge on any atom is 0.404 e. The van der Waals surface area contributed by atoms with Gasteiger partial charge in [0.2, 0.25) is 0 Å². The Balaban J connectivity index is 1.69. The van der Waals surface area contributed by atoms with Gasteiger partial charge in [-0.25, -0.2) is 4.79 Å². The molecule has 0 heterocycles. The molecule has 31 heavy (non-hydrogen) atoms. The van der Waals surface area contributed by atoms with E-state index in [4.69, 9.17) is 15.6 Å². The number of ether oxygens (including phenoxy) is 1. The molecule has 2 fully saturated rings. The third-order valence-electron chi connectivity index (χ3n) is 6.43. The molecule has 9 heteroatoms. The molecule has 1 atom stereocenters. The Hall–Kier alpha value is -2.29. The zero-order valence-corrected chi connectivity index (χ0v) is 17.5. The minimum atomic E-state index is -4.55. The van der Waals surface area contributed by atoms with Crippen molar-refractivity contribution in [1.82, 2.24) is 4.90 Å². The first kappa shape index (κ1) is 23.4. The van der Waals surface area contributed by atoms with Crippen LogP contribution in [-0.4, -0.2) is 53.5 Å². The number of rotatable bonds is 7. The molecule has 1 aromatic rings. The molecule has 2 amide bonds. The average molecular weight is 442 g/mol. The summed E-state index contributed by atoms with van der Waals surface area (Å²) in [6.45, 7) is 1.25. The van der Waals surface area contributed by atoms with Gasteiger partial charge in [-0.2, -0.15) is 13.2 Å². The molecule has 0 radical (unpaired) electrons. The molecule has 3 rings (SSSR count). The third-order valence-corrected chi connectivity index (χ3v) is 6.43. The lowest BCUT2D eigenvalue weighted by molar-refractivity contribution is -0.158. The quantitative estimate of drug-likeness (QED) is 0.668. The lowest BCUT2D eigenvalue weighted by Gasteiger charge is -2.41. The van der Waals surface area contributed by atoms with Crippen molar-refractivity contribution in [2.75, 3.05) is 13.2 Å². The number of carbonyl (C=O) groups is 2. The van der Waals surface area contributed by atoms with Crippen molar-refractivity contribution in [3.8, 4) is 0 Å². The van der Waals surface area contributed by atoms with Crippen LogP contribution in [0.25, 0.3) is 0 Å². The Labute approximate surface area is 179 Å². The van der Waals surface area contributed by atoms with Crippen molar-refractivity contribution in [2.24, 2.45) is 11.1 Å². The van der Waals surface area contributed by atoms with E-state index in [0.29, 0.717) is 5.56 Å². The van der Waals surface area contributed by atoms with Crippen LogP contribution in [0.15, 0.2) is 24.3 Å². The van der Waals surface area contributed by atoms with Crippen LogP contribution in [-0.2, 0) is 4.74 Å². The second-order valence-electron chi connectivity index (χ2n) is 8.99. The zero-order chi connectivity index (χ0) is 22.8. The summed E-state index contributed by atoms with van der Waals surface area (Å²) in [6, 6.07) is 5.56. The van der Waals surface area contributed by atoms with Crippen LogP contribution in [0.3, 0.4) is 0 Å². The lowest BCUT2D eigenvalue weighted by Crippen LogP contribution is -2.46. The predicted octanol–water partition coefficient (Wildman–Crippen LogP) is 3.97. The van der Waals surface area contributed by atoms with Gasteiger partial charge in [0.1, 0.15) is 5.92 Å². The van der Waals surface area contributed by atoms with Gasteiger partial charge in [0.05, 0.1) is 13.2 Å². The van der Waals surface area contributed by atoms with Crippen LogP contribution in [0.4, 0.5) is 18.0 Å². The largest absolute Gasteiger partial charge is 0.449 e. The number of primary amides is 1. The second-order valence-corrected chi connectivity index (χ2v) is 8.99. The molecule has 1 aromatic carbocycles. The van der Waals surface area contributed by atoms with Crippen molar-refractivity contribution < 1.29 is 32.6 Å². The van der Waals surface area contributed by atoms with E-state index >= 15 is 0 Å². The fourth-order valence-corrected chi connectivity index (χ4v) is 4.35. The monoisotopic (exact) mass is 442 g/mol. The molecule has 3 N–H and O–H groups in total. The number of alkyl halides is 3. The first-order valence-electron chi connectivity index (χ1n) is 10.6. The van der Waals surface area contributed by atoms with Crippen LogP contribution in [0.2, 0.25) is 0 Å². The molecule has 0 aromatic heterocycles. The van der Waals surface area contributed by atoms with E-state index in [1.54, 1.807) is 0 Å². The predicted molar refractivity (Wildman–Crippen MR) is 107 cm³/mol. The Morgan fingerprint density at radius 3 is 2.16 bits per heavy atom. The highest BCUT2D eigenvalue weighted by atomic mass is 19.4. The minimum absolute atomic E-state index is 0.0432. The number of benzene rings is 1. The first-order chi connectivity index (χ1) is 14.5. The number of amides is 2. The molecule has 0 bridgehead atoms. The molecule has 0 spiro atoms. The number of hydrogen-bond acceptors (Lipinski definition) is 4. The Morgan fingerprint density at radius 1 is 1.16 bits per heavy atom. The van der Waals surface area contributed by atoms with Crippen molar-refractivity contribution in [2.45, 2.75) is 69.6 Å². The summed E-state index contributed by atoms with van der Waals surface area (Å²) in [6.07, 6.45) is -0.414. The molecule has 0 saturated heterocycles. The Bertz CT molecular complexity index is 785. The smallest absolute Gasteiger partial charge is 0.404 e. The lowest BCUT2D eigenvalue weighted by atomic mass is 9.74. The van der Waals surface area contributed by atoms with Gasteiger partial charge in [-0.15, -0.1) is 0 Å². The van der Waals surface area contributed by atoms with E-state index in [1.165, 1.54) is 24.3 Å². The van der Waals surface area contributed by atoms with Crippen molar-refractivity contribution in [3.63, 3.8) is 0 Å². The van der Waals surface area contributed by atoms with Crippen molar-refractivity contribution in [3.05, 3.63) is 35.4 Å². The van der Waals surface area contributed by atoms with Gasteiger partial charge in [-0.3, -0.25) is 4.79 Å². The first-order valence-corrected chi connectivity index (χ1v) is 10.6. The summed E-state index contributed by atoms with van der Waals surface area (Å²) >= 11 is 0. The van der Waals surface area contributed by atoms with Crippen LogP contribution in [0, 0.1) is 5.41 Å². The summed E-state index contributed by atoms with van der Waals surface area (Å²) < 4.78 is 44.1. The average Bonchev–Trinajstić information content (AvgIpc) is 3.53. The summed E-state index contributed by atoms with van der Waals surface area (Å²) in [4.78, 5) is 26.0. The van der Waals surface area contributed by atoms with E-state index in [-0.39, 0.29) is 35.6 Å². The third kappa shape index (κ3) is 5.70. The van der Waals surface area contributed by atoms with Crippen LogP contribution in [0.5, 0.6) is 0 Å². The van der Waals surface area contributed by atoms with Crippen molar-refractivity contribution in [1.29, 1.82) is 0 Å². The van der Waals surface area contributed by atoms with Gasteiger partial charge >= 0.3 is 12.3 Å². The van der Waals surface area contributed by atoms with Crippen molar-refractivity contribution >= 4 is 12.0 Å². The summed E-state index contributed by atoms with van der Waals surface area (Å²) in [5.41, 5.74) is 5.17. The van der Waals surface area contributed by atoms with Gasteiger partial charge in [-0.05, 0) is 56.2 Å². The standard InChI is InChI=1S/C22H29F3N2O4/c1-21(13-31-20(26)30)10-8-17(9-11-21)27(16-6-7-16)19(29)15-4-2-14(3-5-15)18(12-28)22(23,24)25/h2-5,16-18,28H,6-13H2,1H3,(H2,26,30)/t17?,18-,21?/m1/s1. The molecule has 0 aliphatic heterocycles. The number of carbonyl (C=O) groups excluding carboxylic acids is 2. The fourth-order valence-electron chi connectivity index (χ4n) is 4.35. The van der Waals surface area contributed by atoms with Crippen LogP contribution in [0.1, 0.15) is 67.3 Å². The van der Waals surface area contributed by atoms with Gasteiger partial charge in [-0.1, -0.05) is 19.1 Å². The van der Waals surface area contributed by atoms with Crippen LogP contribution < -0.4 is 5.73 Å². The highest BCUT2D eigenvalue weighted by molar-refractivity contribution is 5.95. The summed E-state index contributed by atoms with van der Waals surface area (Å²) in [7, 11) is 0. The number of hydrogen-bond donors (Lipinski definition) is 2. The molecule has 172 valence electrons. The SMILES string of the molecule is CC1(COC(N)=O)CCC(N(C(=O)c2ccc([C@@H](CO)C(F)(F)F)cc2)C2CC2)CC1. The van der Waals surface area contributed by atoms with E-state index in [1.807, 2.05) is 11.8 Å². The molecule has 2 aliphatic rings. The summed E-state index contributed by atoms with van der Waals surface area (Å²) in [5.74, 6) is -2.14. The minimum Gasteiger partial charge on any atom is -0.449 e. The molecule has 6 nitrogen and oxygen atoms in total. The van der Waals surface area contributed by atoms with Gasteiger partial charge in [0.15, 0.2) is 0 Å². The topological polar surface area (TPSA) is 92.9 Å². The van der Waals surface area contributed by atoms with Crippen LogP contribution >= 0.6 is 0 Å². The number of nitrogens with zero attached hydrogens (tertiary/aromatic N) is 1. The van der Waals surface area contributed by atoms with E-state index in [0.717, 1.165) is 38.5 Å². The number of aliphatic hydroxyl groups excluding tert-OH is 1. The number of halogens is 3. The molecular formula is C22H29F3N2O4. The molecule has 2 aliphatic carbocycles. The molecule has 0 unspecified atom stereocenters. The number of aliphatic hydroxyl groups is 1. The van der Waals surface area contributed by atoms with E-state index < -0.39 is 24.8 Å². The van der Waals surface area contributed by atoms with Gasteiger partial charge in [0, 0.05) is 23.1 Å². The highest BCUT2D eigenvalue weighted by Crippen LogP contribution is 2.41. The Morgan fingerprint density at radius 2 is 1.71 bits per heavy atom.